The maximum absolute atomic E-state index is 5.48. The number of rotatable bonds is 5. The molecule has 7 nitrogen and oxygen atoms in total. The highest BCUT2D eigenvalue weighted by atomic mass is 16.5. The van der Waals surface area contributed by atoms with Crippen LogP contribution in [0, 0.1) is 0 Å². The molecule has 0 aliphatic rings. The molecule has 0 saturated heterocycles. The van der Waals surface area contributed by atoms with E-state index in [2.05, 4.69) is 30.8 Å². The molecule has 0 spiro atoms. The first-order valence-electron chi connectivity index (χ1n) is 7.74. The summed E-state index contributed by atoms with van der Waals surface area (Å²) in [6.45, 7) is 0. The lowest BCUT2D eigenvalue weighted by molar-refractivity contribution is 0.417. The smallest absolute Gasteiger partial charge is 0.157 e. The number of hydrogen-bond donors (Lipinski definition) is 3. The molecular formula is C18H16N6O. The molecule has 7 heteroatoms. The van der Waals surface area contributed by atoms with Gasteiger partial charge in [-0.2, -0.15) is 5.10 Å². The van der Waals surface area contributed by atoms with Gasteiger partial charge in [-0.1, -0.05) is 18.2 Å². The molecule has 0 amide bonds. The lowest BCUT2D eigenvalue weighted by Gasteiger charge is -2.14. The molecule has 0 bridgehead atoms. The van der Waals surface area contributed by atoms with E-state index in [0.717, 1.165) is 28.0 Å². The predicted octanol–water partition coefficient (Wildman–Crippen LogP) is 3.85. The van der Waals surface area contributed by atoms with E-state index in [9.17, 15) is 0 Å². The van der Waals surface area contributed by atoms with Crippen LogP contribution >= 0.6 is 0 Å². The van der Waals surface area contributed by atoms with E-state index in [4.69, 9.17) is 4.74 Å². The number of aromatic amines is 1. The van der Waals surface area contributed by atoms with Gasteiger partial charge in [0.15, 0.2) is 5.82 Å². The van der Waals surface area contributed by atoms with Gasteiger partial charge in [-0.25, -0.2) is 9.97 Å². The summed E-state index contributed by atoms with van der Waals surface area (Å²) in [4.78, 5) is 8.46. The van der Waals surface area contributed by atoms with Crippen molar-refractivity contribution in [2.24, 2.45) is 0 Å². The van der Waals surface area contributed by atoms with Gasteiger partial charge in [0.25, 0.3) is 0 Å². The molecule has 2 heterocycles. The summed E-state index contributed by atoms with van der Waals surface area (Å²) in [6, 6.07) is 13.7. The predicted molar refractivity (Wildman–Crippen MR) is 97.7 cm³/mol. The minimum absolute atomic E-state index is 0.653. The largest absolute Gasteiger partial charge is 0.494 e. The zero-order valence-corrected chi connectivity index (χ0v) is 13.5. The Bertz CT molecular complexity index is 999. The zero-order chi connectivity index (χ0) is 17.1. The Morgan fingerprint density at radius 3 is 2.72 bits per heavy atom. The van der Waals surface area contributed by atoms with Crippen LogP contribution in [0.2, 0.25) is 0 Å². The second-order valence-electron chi connectivity index (χ2n) is 5.41. The van der Waals surface area contributed by atoms with E-state index in [1.165, 1.54) is 6.33 Å². The van der Waals surface area contributed by atoms with Crippen LogP contribution in [0.3, 0.4) is 0 Å². The van der Waals surface area contributed by atoms with Crippen molar-refractivity contribution in [2.45, 2.75) is 0 Å². The van der Waals surface area contributed by atoms with Crippen molar-refractivity contribution in [3.05, 3.63) is 61.2 Å². The summed E-state index contributed by atoms with van der Waals surface area (Å²) in [6.07, 6.45) is 5.00. The summed E-state index contributed by atoms with van der Waals surface area (Å²) >= 11 is 0. The van der Waals surface area contributed by atoms with Crippen molar-refractivity contribution in [1.29, 1.82) is 0 Å². The fourth-order valence-corrected chi connectivity index (χ4v) is 2.56. The normalized spacial score (nSPS) is 10.6. The molecular weight excluding hydrogens is 316 g/mol. The van der Waals surface area contributed by atoms with E-state index >= 15 is 0 Å². The summed E-state index contributed by atoms with van der Waals surface area (Å²) in [7, 11) is 1.63. The van der Waals surface area contributed by atoms with Crippen molar-refractivity contribution >= 4 is 33.8 Å². The van der Waals surface area contributed by atoms with E-state index in [1.807, 2.05) is 42.5 Å². The third-order valence-electron chi connectivity index (χ3n) is 3.78. The first-order valence-corrected chi connectivity index (χ1v) is 7.74. The molecule has 0 atom stereocenters. The standard InChI is InChI=1S/C18H16N6O/c1-25-17-8-14-12(9-21-24-14)7-15(17)23-18-16(10-19-11-20-18)22-13-5-3-2-4-6-13/h2-11,22H,1H3,(H,21,24)(H,19,20,23). The minimum atomic E-state index is 0.653. The van der Waals surface area contributed by atoms with Gasteiger partial charge in [0.1, 0.15) is 17.8 Å². The van der Waals surface area contributed by atoms with Gasteiger partial charge in [0, 0.05) is 17.1 Å². The average molecular weight is 332 g/mol. The van der Waals surface area contributed by atoms with Crippen LogP contribution in [0.15, 0.2) is 61.2 Å². The number of methoxy groups -OCH3 is 1. The second-order valence-corrected chi connectivity index (χ2v) is 5.41. The molecule has 124 valence electrons. The van der Waals surface area contributed by atoms with Gasteiger partial charge in [0.05, 0.1) is 30.7 Å². The Kier molecular flexibility index (Phi) is 3.88. The van der Waals surface area contributed by atoms with E-state index in [0.29, 0.717) is 11.6 Å². The molecule has 2 aromatic heterocycles. The highest BCUT2D eigenvalue weighted by molar-refractivity contribution is 5.87. The number of benzene rings is 2. The molecule has 2 aromatic carbocycles. The van der Waals surface area contributed by atoms with Crippen LogP contribution in [0.5, 0.6) is 5.75 Å². The molecule has 25 heavy (non-hydrogen) atoms. The van der Waals surface area contributed by atoms with Crippen molar-refractivity contribution in [3.63, 3.8) is 0 Å². The minimum Gasteiger partial charge on any atom is -0.494 e. The number of para-hydroxylation sites is 1. The third kappa shape index (κ3) is 3.07. The highest BCUT2D eigenvalue weighted by Crippen LogP contribution is 2.33. The van der Waals surface area contributed by atoms with Crippen molar-refractivity contribution in [1.82, 2.24) is 20.2 Å². The quantitative estimate of drug-likeness (QED) is 0.514. The lowest BCUT2D eigenvalue weighted by Crippen LogP contribution is -2.02. The third-order valence-corrected chi connectivity index (χ3v) is 3.78. The molecule has 0 unspecified atom stereocenters. The SMILES string of the molecule is COc1cc2[nH]ncc2cc1Nc1ncncc1Nc1ccccc1. The molecule has 4 aromatic rings. The second kappa shape index (κ2) is 6.48. The van der Waals surface area contributed by atoms with E-state index in [1.54, 1.807) is 19.5 Å². The number of nitrogens with zero attached hydrogens (tertiary/aromatic N) is 3. The van der Waals surface area contributed by atoms with Gasteiger partial charge >= 0.3 is 0 Å². The van der Waals surface area contributed by atoms with Crippen LogP contribution in [0.1, 0.15) is 0 Å². The monoisotopic (exact) mass is 332 g/mol. The maximum Gasteiger partial charge on any atom is 0.157 e. The van der Waals surface area contributed by atoms with Gasteiger partial charge in [-0.3, -0.25) is 5.10 Å². The van der Waals surface area contributed by atoms with Crippen molar-refractivity contribution in [3.8, 4) is 5.75 Å². The number of aromatic nitrogens is 4. The summed E-state index contributed by atoms with van der Waals surface area (Å²) in [5.41, 5.74) is 3.43. The van der Waals surface area contributed by atoms with Crippen LogP contribution in [0.25, 0.3) is 10.9 Å². The van der Waals surface area contributed by atoms with Crippen molar-refractivity contribution in [2.75, 3.05) is 17.7 Å². The number of nitrogens with one attached hydrogen (secondary N) is 3. The van der Waals surface area contributed by atoms with E-state index in [-0.39, 0.29) is 0 Å². The summed E-state index contributed by atoms with van der Waals surface area (Å²) < 4.78 is 5.48. The van der Waals surface area contributed by atoms with Crippen LogP contribution in [-0.4, -0.2) is 27.3 Å². The fraction of sp³-hybridized carbons (Fsp3) is 0.0556. The van der Waals surface area contributed by atoms with Gasteiger partial charge < -0.3 is 15.4 Å². The van der Waals surface area contributed by atoms with Gasteiger partial charge in [0.2, 0.25) is 0 Å². The highest BCUT2D eigenvalue weighted by Gasteiger charge is 2.11. The molecule has 0 aliphatic carbocycles. The summed E-state index contributed by atoms with van der Waals surface area (Å²) in [5.74, 6) is 1.35. The molecule has 3 N–H and O–H groups in total. The first-order chi connectivity index (χ1) is 12.3. The number of fused-ring (bicyclic) bond motifs is 1. The fourth-order valence-electron chi connectivity index (χ4n) is 2.56. The summed E-state index contributed by atoms with van der Waals surface area (Å²) in [5, 5.41) is 14.6. The topological polar surface area (TPSA) is 87.8 Å². The van der Waals surface area contributed by atoms with Crippen LogP contribution in [0.4, 0.5) is 22.9 Å². The number of anilines is 4. The Balaban J connectivity index is 1.69. The maximum atomic E-state index is 5.48. The van der Waals surface area contributed by atoms with E-state index < -0.39 is 0 Å². The Hall–Kier alpha value is -3.61. The van der Waals surface area contributed by atoms with Gasteiger partial charge in [-0.15, -0.1) is 0 Å². The zero-order valence-electron chi connectivity index (χ0n) is 13.5. The lowest BCUT2D eigenvalue weighted by atomic mass is 10.2. The average Bonchev–Trinajstić information content (AvgIpc) is 3.11. The van der Waals surface area contributed by atoms with Gasteiger partial charge in [-0.05, 0) is 18.2 Å². The first kappa shape index (κ1) is 14.9. The Morgan fingerprint density at radius 2 is 1.88 bits per heavy atom. The molecule has 0 aliphatic heterocycles. The van der Waals surface area contributed by atoms with Crippen molar-refractivity contribution < 1.29 is 4.74 Å². The Labute approximate surface area is 144 Å². The molecule has 0 fully saturated rings. The number of H-pyrrole nitrogens is 1. The molecule has 0 radical (unpaired) electrons. The van der Waals surface area contributed by atoms with Crippen LogP contribution < -0.4 is 15.4 Å². The van der Waals surface area contributed by atoms with Crippen LogP contribution in [-0.2, 0) is 0 Å². The number of ether oxygens (including phenoxy) is 1. The molecule has 4 rings (SSSR count). The molecule has 0 saturated carbocycles. The Morgan fingerprint density at radius 1 is 1.00 bits per heavy atom. The number of hydrogen-bond acceptors (Lipinski definition) is 6.